The molecule has 26 heavy (non-hydrogen) atoms. The third kappa shape index (κ3) is 3.94. The van der Waals surface area contributed by atoms with Gasteiger partial charge in [0.25, 0.3) is 0 Å². The van der Waals surface area contributed by atoms with Gasteiger partial charge >= 0.3 is 12.7 Å². The summed E-state index contributed by atoms with van der Waals surface area (Å²) in [5.74, 6) is -0.0218. The molecule has 2 saturated heterocycles. The van der Waals surface area contributed by atoms with Gasteiger partial charge < -0.3 is 25.0 Å². The molecule has 2 bridgehead atoms. The van der Waals surface area contributed by atoms with Gasteiger partial charge in [-0.2, -0.15) is 8.78 Å². The van der Waals surface area contributed by atoms with E-state index in [-0.39, 0.29) is 29.6 Å². The fourth-order valence-corrected chi connectivity index (χ4v) is 3.68. The van der Waals surface area contributed by atoms with E-state index in [1.54, 1.807) is 17.0 Å². The number of anilines is 2. The van der Waals surface area contributed by atoms with Crippen LogP contribution in [0.15, 0.2) is 18.2 Å². The van der Waals surface area contributed by atoms with E-state index in [1.807, 2.05) is 26.8 Å². The minimum Gasteiger partial charge on any atom is -0.444 e. The summed E-state index contributed by atoms with van der Waals surface area (Å²) in [6, 6.07) is 5.17. The van der Waals surface area contributed by atoms with Gasteiger partial charge in [-0.1, -0.05) is 0 Å². The Labute approximate surface area is 151 Å². The van der Waals surface area contributed by atoms with Crippen LogP contribution < -0.4 is 15.4 Å². The number of carbonyl (C=O) groups is 1. The fourth-order valence-electron chi connectivity index (χ4n) is 3.68. The second-order valence-electron chi connectivity index (χ2n) is 7.78. The summed E-state index contributed by atoms with van der Waals surface area (Å²) in [7, 11) is 0. The van der Waals surface area contributed by atoms with Crippen molar-refractivity contribution in [3.8, 4) is 5.75 Å². The number of hydrogen-bond acceptors (Lipinski definition) is 5. The molecule has 2 aliphatic rings. The Morgan fingerprint density at radius 1 is 1.23 bits per heavy atom. The number of nitrogens with zero attached hydrogens (tertiary/aromatic N) is 2. The molecule has 0 spiro atoms. The molecule has 0 aliphatic carbocycles. The minimum atomic E-state index is -2.92. The molecule has 0 unspecified atom stereocenters. The number of ether oxygens (including phenoxy) is 2. The van der Waals surface area contributed by atoms with E-state index >= 15 is 0 Å². The van der Waals surface area contributed by atoms with E-state index in [0.29, 0.717) is 13.1 Å². The van der Waals surface area contributed by atoms with Gasteiger partial charge in [0.15, 0.2) is 5.75 Å². The van der Waals surface area contributed by atoms with Crippen molar-refractivity contribution < 1.29 is 23.0 Å². The molecule has 1 aromatic rings. The topological polar surface area (TPSA) is 68.0 Å². The quantitative estimate of drug-likeness (QED) is 0.827. The first-order valence-electron chi connectivity index (χ1n) is 8.74. The second-order valence-corrected chi connectivity index (χ2v) is 7.78. The van der Waals surface area contributed by atoms with Gasteiger partial charge in [0.05, 0.1) is 5.69 Å². The van der Waals surface area contributed by atoms with Gasteiger partial charge in [-0.05, 0) is 45.7 Å². The van der Waals surface area contributed by atoms with Crippen molar-refractivity contribution >= 4 is 17.5 Å². The molecule has 3 rings (SSSR count). The van der Waals surface area contributed by atoms with E-state index in [9.17, 15) is 13.6 Å². The maximum atomic E-state index is 12.6. The molecule has 0 radical (unpaired) electrons. The molecule has 1 amide bonds. The van der Waals surface area contributed by atoms with Crippen molar-refractivity contribution in [3.63, 3.8) is 0 Å². The largest absolute Gasteiger partial charge is 0.444 e. The highest BCUT2D eigenvalue weighted by atomic mass is 19.3. The highest BCUT2D eigenvalue weighted by molar-refractivity contribution is 5.70. The van der Waals surface area contributed by atoms with E-state index < -0.39 is 12.2 Å². The van der Waals surface area contributed by atoms with Crippen LogP contribution in [0.5, 0.6) is 5.75 Å². The Balaban J connectivity index is 1.75. The molecule has 1 aromatic carbocycles. The third-order valence-corrected chi connectivity index (χ3v) is 4.65. The molecule has 2 atom stereocenters. The third-order valence-electron chi connectivity index (χ3n) is 4.65. The molecule has 0 aromatic heterocycles. The number of amides is 1. The number of nitrogen functional groups attached to an aromatic ring is 1. The summed E-state index contributed by atoms with van der Waals surface area (Å²) in [6.45, 7) is 3.69. The lowest BCUT2D eigenvalue weighted by Gasteiger charge is -2.42. The standard InChI is InChI=1S/C18H25F2N3O3/c1-18(2,3)26-17(24)22-9-12-4-5-13(10-22)23(12)11-6-7-14(21)15(8-11)25-16(19)20/h6-8,12-13,16H,4-5,9-10,21H2,1-3H3/t12-,13+. The molecule has 2 aliphatic heterocycles. The van der Waals surface area contributed by atoms with Crippen LogP contribution in [-0.2, 0) is 4.74 Å². The predicted octanol–water partition coefficient (Wildman–Crippen LogP) is 3.46. The highest BCUT2D eigenvalue weighted by Crippen LogP contribution is 2.38. The van der Waals surface area contributed by atoms with E-state index in [4.69, 9.17) is 10.5 Å². The molecule has 6 nitrogen and oxygen atoms in total. The SMILES string of the molecule is CC(C)(C)OC(=O)N1C[C@H]2CC[C@@H](C1)N2c1ccc(N)c(OC(F)F)c1. The Morgan fingerprint density at radius 3 is 2.38 bits per heavy atom. The van der Waals surface area contributed by atoms with Crippen molar-refractivity contribution in [2.24, 2.45) is 0 Å². The molecular weight excluding hydrogens is 344 g/mol. The first-order chi connectivity index (χ1) is 12.1. The average molecular weight is 369 g/mol. The number of likely N-dealkylation sites (tertiary alicyclic amines) is 1. The van der Waals surface area contributed by atoms with Gasteiger partial charge in [0.1, 0.15) is 5.60 Å². The van der Waals surface area contributed by atoms with Crippen LogP contribution >= 0.6 is 0 Å². The summed E-state index contributed by atoms with van der Waals surface area (Å²) >= 11 is 0. The molecular formula is C18H25F2N3O3. The smallest absolute Gasteiger partial charge is 0.410 e. The number of nitrogens with two attached hydrogens (primary N) is 1. The van der Waals surface area contributed by atoms with E-state index in [2.05, 4.69) is 9.64 Å². The summed E-state index contributed by atoms with van der Waals surface area (Å²) in [5.41, 5.74) is 6.15. The van der Waals surface area contributed by atoms with Gasteiger partial charge in [0.2, 0.25) is 0 Å². The highest BCUT2D eigenvalue weighted by Gasteiger charge is 2.42. The number of fused-ring (bicyclic) bond motifs is 2. The van der Waals surface area contributed by atoms with Gasteiger partial charge in [-0.3, -0.25) is 0 Å². The Hall–Kier alpha value is -2.25. The lowest BCUT2D eigenvalue weighted by Crippen LogP contribution is -2.56. The lowest BCUT2D eigenvalue weighted by atomic mass is 10.1. The fraction of sp³-hybridized carbons (Fsp3) is 0.611. The minimum absolute atomic E-state index is 0.0218. The second kappa shape index (κ2) is 6.81. The van der Waals surface area contributed by atoms with E-state index in [1.165, 1.54) is 0 Å². The zero-order chi connectivity index (χ0) is 19.1. The molecule has 2 N–H and O–H groups in total. The Morgan fingerprint density at radius 2 is 1.85 bits per heavy atom. The normalized spacial score (nSPS) is 22.7. The monoisotopic (exact) mass is 369 g/mol. The van der Waals surface area contributed by atoms with Crippen molar-refractivity contribution in [1.82, 2.24) is 4.90 Å². The molecule has 2 heterocycles. The average Bonchev–Trinajstić information content (AvgIpc) is 2.77. The number of benzene rings is 1. The van der Waals surface area contributed by atoms with Crippen LogP contribution in [0.3, 0.4) is 0 Å². The summed E-state index contributed by atoms with van der Waals surface area (Å²) < 4.78 is 35.1. The van der Waals surface area contributed by atoms with E-state index in [0.717, 1.165) is 18.5 Å². The Bertz CT molecular complexity index is 664. The van der Waals surface area contributed by atoms with Gasteiger partial charge in [-0.15, -0.1) is 0 Å². The van der Waals surface area contributed by atoms with Gasteiger partial charge in [0, 0.05) is 36.9 Å². The van der Waals surface area contributed by atoms with Crippen LogP contribution in [0.4, 0.5) is 25.0 Å². The van der Waals surface area contributed by atoms with Crippen LogP contribution in [0.25, 0.3) is 0 Å². The van der Waals surface area contributed by atoms with Crippen molar-refractivity contribution in [1.29, 1.82) is 0 Å². The van der Waals surface area contributed by atoms with Crippen LogP contribution in [0, 0.1) is 0 Å². The maximum Gasteiger partial charge on any atom is 0.410 e. The number of hydrogen-bond donors (Lipinski definition) is 1. The van der Waals surface area contributed by atoms with Crippen molar-refractivity contribution in [2.45, 2.75) is 57.9 Å². The number of carbonyl (C=O) groups excluding carboxylic acids is 1. The Kier molecular flexibility index (Phi) is 4.86. The zero-order valence-electron chi connectivity index (χ0n) is 15.2. The van der Waals surface area contributed by atoms with Crippen LogP contribution in [0.2, 0.25) is 0 Å². The molecule has 2 fully saturated rings. The van der Waals surface area contributed by atoms with Crippen molar-refractivity contribution in [2.75, 3.05) is 23.7 Å². The predicted molar refractivity (Wildman–Crippen MR) is 94.6 cm³/mol. The molecule has 0 saturated carbocycles. The summed E-state index contributed by atoms with van der Waals surface area (Å²) in [5, 5.41) is 0. The summed E-state index contributed by atoms with van der Waals surface area (Å²) in [6.07, 6.45) is 1.55. The van der Waals surface area contributed by atoms with Crippen LogP contribution in [-0.4, -0.2) is 48.4 Å². The molecule has 144 valence electrons. The van der Waals surface area contributed by atoms with Gasteiger partial charge in [-0.25, -0.2) is 4.79 Å². The van der Waals surface area contributed by atoms with Crippen LogP contribution in [0.1, 0.15) is 33.6 Å². The number of rotatable bonds is 3. The maximum absolute atomic E-state index is 12.6. The zero-order valence-corrected chi connectivity index (χ0v) is 15.2. The first kappa shape index (κ1) is 18.5. The molecule has 8 heteroatoms. The number of halogens is 2. The summed E-state index contributed by atoms with van der Waals surface area (Å²) in [4.78, 5) is 16.3. The number of piperazine rings is 1. The van der Waals surface area contributed by atoms with Crippen molar-refractivity contribution in [3.05, 3.63) is 18.2 Å². The lowest BCUT2D eigenvalue weighted by molar-refractivity contribution is -0.0493. The first-order valence-corrected chi connectivity index (χ1v) is 8.74. The number of alkyl halides is 2.